The third-order valence-corrected chi connectivity index (χ3v) is 2.93. The van der Waals surface area contributed by atoms with Gasteiger partial charge >= 0.3 is 0 Å². The first kappa shape index (κ1) is 8.75. The number of aryl methyl sites for hydroxylation is 1. The van der Waals surface area contributed by atoms with Crippen LogP contribution in [-0.2, 0) is 6.54 Å². The summed E-state index contributed by atoms with van der Waals surface area (Å²) in [6.45, 7) is 5.12. The van der Waals surface area contributed by atoms with Gasteiger partial charge in [0, 0.05) is 18.9 Å². The molecule has 1 aliphatic rings. The SMILES string of the molecule is CCn1ccnc1C(O)C1CC1C. The van der Waals surface area contributed by atoms with Crippen molar-refractivity contribution in [3.05, 3.63) is 18.2 Å². The fourth-order valence-corrected chi connectivity index (χ4v) is 1.84. The number of rotatable bonds is 3. The monoisotopic (exact) mass is 180 g/mol. The molecule has 1 fully saturated rings. The van der Waals surface area contributed by atoms with Gasteiger partial charge in [-0.3, -0.25) is 0 Å². The summed E-state index contributed by atoms with van der Waals surface area (Å²) in [6, 6.07) is 0. The van der Waals surface area contributed by atoms with E-state index in [0.717, 1.165) is 18.8 Å². The number of hydrogen-bond acceptors (Lipinski definition) is 2. The summed E-state index contributed by atoms with van der Waals surface area (Å²) in [5.41, 5.74) is 0. The Hall–Kier alpha value is -0.830. The van der Waals surface area contributed by atoms with Gasteiger partial charge in [-0.05, 0) is 25.2 Å². The number of aromatic nitrogens is 2. The van der Waals surface area contributed by atoms with Gasteiger partial charge in [0.05, 0.1) is 0 Å². The van der Waals surface area contributed by atoms with Gasteiger partial charge in [0.1, 0.15) is 11.9 Å². The van der Waals surface area contributed by atoms with Gasteiger partial charge in [-0.2, -0.15) is 0 Å². The highest BCUT2D eigenvalue weighted by molar-refractivity contribution is 5.03. The quantitative estimate of drug-likeness (QED) is 0.767. The second-order valence-electron chi connectivity index (χ2n) is 3.89. The van der Waals surface area contributed by atoms with Crippen LogP contribution in [0.1, 0.15) is 32.2 Å². The number of aliphatic hydroxyl groups is 1. The molecule has 0 aliphatic heterocycles. The lowest BCUT2D eigenvalue weighted by Gasteiger charge is -2.10. The van der Waals surface area contributed by atoms with Crippen LogP contribution in [-0.4, -0.2) is 14.7 Å². The van der Waals surface area contributed by atoms with Crippen LogP contribution in [0.4, 0.5) is 0 Å². The Kier molecular flexibility index (Phi) is 2.12. The molecule has 1 aliphatic carbocycles. The molecule has 0 spiro atoms. The Balaban J connectivity index is 2.15. The summed E-state index contributed by atoms with van der Waals surface area (Å²) in [6.07, 6.45) is 4.46. The van der Waals surface area contributed by atoms with Crippen LogP contribution < -0.4 is 0 Å². The van der Waals surface area contributed by atoms with Gasteiger partial charge in [0.15, 0.2) is 0 Å². The zero-order valence-corrected chi connectivity index (χ0v) is 8.14. The molecule has 0 radical (unpaired) electrons. The molecule has 0 bridgehead atoms. The fraction of sp³-hybridized carbons (Fsp3) is 0.700. The van der Waals surface area contributed by atoms with Crippen molar-refractivity contribution in [2.75, 3.05) is 0 Å². The molecule has 3 atom stereocenters. The molecule has 0 aromatic carbocycles. The Bertz CT molecular complexity index is 295. The molecule has 3 unspecified atom stereocenters. The van der Waals surface area contributed by atoms with Crippen molar-refractivity contribution in [1.82, 2.24) is 9.55 Å². The Labute approximate surface area is 78.4 Å². The molecule has 0 amide bonds. The Morgan fingerprint density at radius 3 is 3.00 bits per heavy atom. The van der Waals surface area contributed by atoms with Gasteiger partial charge in [0.2, 0.25) is 0 Å². The van der Waals surface area contributed by atoms with Gasteiger partial charge in [-0.1, -0.05) is 6.92 Å². The van der Waals surface area contributed by atoms with E-state index in [9.17, 15) is 5.11 Å². The third kappa shape index (κ3) is 1.48. The average molecular weight is 180 g/mol. The summed E-state index contributed by atoms with van der Waals surface area (Å²) >= 11 is 0. The van der Waals surface area contributed by atoms with Crippen LogP contribution in [0.5, 0.6) is 0 Å². The highest BCUT2D eigenvalue weighted by Gasteiger charge is 2.40. The van der Waals surface area contributed by atoms with Crippen molar-refractivity contribution in [1.29, 1.82) is 0 Å². The first-order chi connectivity index (χ1) is 6.24. The van der Waals surface area contributed by atoms with E-state index in [4.69, 9.17) is 0 Å². The van der Waals surface area contributed by atoms with E-state index >= 15 is 0 Å². The van der Waals surface area contributed by atoms with E-state index in [0.29, 0.717) is 11.8 Å². The molecule has 13 heavy (non-hydrogen) atoms. The lowest BCUT2D eigenvalue weighted by Crippen LogP contribution is -2.09. The molecule has 72 valence electrons. The second kappa shape index (κ2) is 3.14. The zero-order chi connectivity index (χ0) is 9.42. The van der Waals surface area contributed by atoms with Crippen LogP contribution in [0.3, 0.4) is 0 Å². The first-order valence-electron chi connectivity index (χ1n) is 4.93. The lowest BCUT2D eigenvalue weighted by molar-refractivity contribution is 0.134. The Morgan fingerprint density at radius 2 is 2.46 bits per heavy atom. The number of imidazole rings is 1. The van der Waals surface area contributed by atoms with Crippen LogP contribution in [0, 0.1) is 11.8 Å². The van der Waals surface area contributed by atoms with Crippen molar-refractivity contribution in [2.24, 2.45) is 11.8 Å². The van der Waals surface area contributed by atoms with Crippen LogP contribution in [0.25, 0.3) is 0 Å². The predicted molar refractivity (Wildman–Crippen MR) is 50.1 cm³/mol. The van der Waals surface area contributed by atoms with Crippen molar-refractivity contribution < 1.29 is 5.11 Å². The van der Waals surface area contributed by atoms with Crippen molar-refractivity contribution in [3.8, 4) is 0 Å². The topological polar surface area (TPSA) is 38.0 Å². The maximum atomic E-state index is 9.95. The zero-order valence-electron chi connectivity index (χ0n) is 8.14. The number of hydrogen-bond donors (Lipinski definition) is 1. The van der Waals surface area contributed by atoms with Crippen LogP contribution in [0.15, 0.2) is 12.4 Å². The van der Waals surface area contributed by atoms with Crippen molar-refractivity contribution in [3.63, 3.8) is 0 Å². The maximum Gasteiger partial charge on any atom is 0.137 e. The summed E-state index contributed by atoms with van der Waals surface area (Å²) in [7, 11) is 0. The molecule has 2 rings (SSSR count). The van der Waals surface area contributed by atoms with E-state index in [1.165, 1.54) is 0 Å². The fourth-order valence-electron chi connectivity index (χ4n) is 1.84. The number of aliphatic hydroxyl groups excluding tert-OH is 1. The van der Waals surface area contributed by atoms with Gasteiger partial charge < -0.3 is 9.67 Å². The smallest absolute Gasteiger partial charge is 0.137 e. The van der Waals surface area contributed by atoms with Crippen LogP contribution in [0.2, 0.25) is 0 Å². The predicted octanol–water partition coefficient (Wildman–Crippen LogP) is 1.59. The molecule has 1 aromatic rings. The number of nitrogens with zero attached hydrogens (tertiary/aromatic N) is 2. The van der Waals surface area contributed by atoms with Crippen molar-refractivity contribution >= 4 is 0 Å². The highest BCUT2D eigenvalue weighted by Crippen LogP contribution is 2.46. The highest BCUT2D eigenvalue weighted by atomic mass is 16.3. The van der Waals surface area contributed by atoms with Gasteiger partial charge in [0.25, 0.3) is 0 Å². The minimum atomic E-state index is -0.357. The summed E-state index contributed by atoms with van der Waals surface area (Å²) in [4.78, 5) is 4.20. The summed E-state index contributed by atoms with van der Waals surface area (Å²) < 4.78 is 2.01. The van der Waals surface area contributed by atoms with Gasteiger partial charge in [-0.15, -0.1) is 0 Å². The maximum absolute atomic E-state index is 9.95. The molecule has 3 heteroatoms. The minimum Gasteiger partial charge on any atom is -0.385 e. The molecule has 1 aromatic heterocycles. The summed E-state index contributed by atoms with van der Waals surface area (Å²) in [5.74, 6) is 1.93. The van der Waals surface area contributed by atoms with Crippen LogP contribution >= 0.6 is 0 Å². The second-order valence-corrected chi connectivity index (χ2v) is 3.89. The van der Waals surface area contributed by atoms with E-state index in [2.05, 4.69) is 18.8 Å². The molecule has 0 saturated heterocycles. The van der Waals surface area contributed by atoms with Crippen molar-refractivity contribution in [2.45, 2.75) is 32.9 Å². The lowest BCUT2D eigenvalue weighted by atomic mass is 10.2. The largest absolute Gasteiger partial charge is 0.385 e. The third-order valence-electron chi connectivity index (χ3n) is 2.93. The Morgan fingerprint density at radius 1 is 1.77 bits per heavy atom. The molecule has 3 nitrogen and oxygen atoms in total. The summed E-state index contributed by atoms with van der Waals surface area (Å²) in [5, 5.41) is 9.95. The normalized spacial score (nSPS) is 28.8. The average Bonchev–Trinajstić information content (AvgIpc) is 2.70. The molecule has 1 saturated carbocycles. The molecule has 1 heterocycles. The first-order valence-corrected chi connectivity index (χ1v) is 4.93. The molecule has 1 N–H and O–H groups in total. The van der Waals surface area contributed by atoms with E-state index in [1.54, 1.807) is 6.20 Å². The van der Waals surface area contributed by atoms with E-state index in [-0.39, 0.29) is 6.10 Å². The molecular formula is C10H16N2O. The van der Waals surface area contributed by atoms with Gasteiger partial charge in [-0.25, -0.2) is 4.98 Å². The van der Waals surface area contributed by atoms with E-state index in [1.807, 2.05) is 10.8 Å². The van der Waals surface area contributed by atoms with E-state index < -0.39 is 0 Å². The standard InChI is InChI=1S/C10H16N2O/c1-3-12-5-4-11-10(12)9(13)8-6-7(8)2/h4-5,7-9,13H,3,6H2,1-2H3. The minimum absolute atomic E-state index is 0.357. The molecular weight excluding hydrogens is 164 g/mol.